The monoisotopic (exact) mass is 312 g/mol. The second-order valence-electron chi connectivity index (χ2n) is 5.58. The third-order valence-corrected chi connectivity index (χ3v) is 4.82. The summed E-state index contributed by atoms with van der Waals surface area (Å²) in [4.78, 5) is 6.75. The van der Waals surface area contributed by atoms with Crippen molar-refractivity contribution >= 4 is 40.2 Å². The molecule has 3 rings (SSSR count). The number of likely N-dealkylation sites (tertiary alicyclic amines) is 1. The summed E-state index contributed by atoms with van der Waals surface area (Å²) in [5.74, 6) is 1.18. The predicted octanol–water partition coefficient (Wildman–Crippen LogP) is 3.27. The molecule has 1 saturated heterocycles. The Morgan fingerprint density at radius 2 is 1.90 bits per heavy atom. The molecule has 0 atom stereocenters. The van der Waals surface area contributed by atoms with E-state index in [4.69, 9.17) is 28.9 Å². The van der Waals surface area contributed by atoms with E-state index in [1.165, 1.54) is 12.8 Å². The van der Waals surface area contributed by atoms with E-state index in [0.717, 1.165) is 30.7 Å². The highest BCUT2D eigenvalue weighted by Gasteiger charge is 2.19. The zero-order chi connectivity index (χ0) is 14.3. The average Bonchev–Trinajstić information content (AvgIpc) is 2.69. The first-order valence-corrected chi connectivity index (χ1v) is 7.59. The number of benzene rings is 1. The molecule has 1 fully saturated rings. The highest BCUT2D eigenvalue weighted by molar-refractivity contribution is 6.42. The minimum absolute atomic E-state index is 0.517. The summed E-state index contributed by atoms with van der Waals surface area (Å²) in [6, 6.07) is 3.64. The van der Waals surface area contributed by atoms with Crippen LogP contribution in [0.4, 0.5) is 5.95 Å². The van der Waals surface area contributed by atoms with Crippen LogP contribution in [0.15, 0.2) is 12.1 Å². The number of anilines is 1. The van der Waals surface area contributed by atoms with Crippen molar-refractivity contribution in [1.82, 2.24) is 14.5 Å². The van der Waals surface area contributed by atoms with Gasteiger partial charge in [-0.1, -0.05) is 23.2 Å². The smallest absolute Gasteiger partial charge is 0.201 e. The van der Waals surface area contributed by atoms with Gasteiger partial charge in [-0.15, -0.1) is 0 Å². The summed E-state index contributed by atoms with van der Waals surface area (Å²) in [5, 5.41) is 1.06. The summed E-state index contributed by atoms with van der Waals surface area (Å²) in [6.45, 7) is 3.18. The summed E-state index contributed by atoms with van der Waals surface area (Å²) < 4.78 is 2.06. The molecule has 4 nitrogen and oxygen atoms in total. The first-order chi connectivity index (χ1) is 9.54. The van der Waals surface area contributed by atoms with Crippen LogP contribution in [0.3, 0.4) is 0 Å². The van der Waals surface area contributed by atoms with Crippen molar-refractivity contribution in [1.29, 1.82) is 0 Å². The molecular weight excluding hydrogens is 295 g/mol. The number of rotatable bonds is 2. The van der Waals surface area contributed by atoms with Crippen molar-refractivity contribution in [3.63, 3.8) is 0 Å². The lowest BCUT2D eigenvalue weighted by molar-refractivity contribution is 0.206. The van der Waals surface area contributed by atoms with Crippen molar-refractivity contribution in [2.45, 2.75) is 19.4 Å². The van der Waals surface area contributed by atoms with Crippen LogP contribution in [0.5, 0.6) is 0 Å². The zero-order valence-electron chi connectivity index (χ0n) is 11.4. The van der Waals surface area contributed by atoms with Gasteiger partial charge in [0.25, 0.3) is 0 Å². The van der Waals surface area contributed by atoms with Crippen molar-refractivity contribution in [3.8, 4) is 0 Å². The fraction of sp³-hybridized carbons (Fsp3) is 0.500. The number of nitrogens with two attached hydrogens (primary N) is 1. The molecule has 2 N–H and O–H groups in total. The van der Waals surface area contributed by atoms with Crippen LogP contribution in [0.2, 0.25) is 10.0 Å². The van der Waals surface area contributed by atoms with E-state index in [0.29, 0.717) is 21.9 Å². The Kier molecular flexibility index (Phi) is 3.80. The Morgan fingerprint density at radius 1 is 1.25 bits per heavy atom. The topological polar surface area (TPSA) is 47.1 Å². The molecule has 0 radical (unpaired) electrons. The highest BCUT2D eigenvalue weighted by Crippen LogP contribution is 2.30. The molecule has 6 heteroatoms. The van der Waals surface area contributed by atoms with Gasteiger partial charge in [-0.3, -0.25) is 0 Å². The molecular formula is C14H18Cl2N4. The third kappa shape index (κ3) is 2.60. The van der Waals surface area contributed by atoms with Crippen LogP contribution in [0, 0.1) is 5.92 Å². The lowest BCUT2D eigenvalue weighted by atomic mass is 9.97. The molecule has 0 amide bonds. The minimum Gasteiger partial charge on any atom is -0.369 e. The number of nitrogen functional groups attached to an aromatic ring is 1. The van der Waals surface area contributed by atoms with Gasteiger partial charge in [0.15, 0.2) is 0 Å². The Bertz CT molecular complexity index is 630. The number of hydrogen-bond acceptors (Lipinski definition) is 3. The predicted molar refractivity (Wildman–Crippen MR) is 84.4 cm³/mol. The van der Waals surface area contributed by atoms with E-state index in [1.54, 1.807) is 6.07 Å². The fourth-order valence-electron chi connectivity index (χ4n) is 2.83. The van der Waals surface area contributed by atoms with Gasteiger partial charge < -0.3 is 15.2 Å². The first kappa shape index (κ1) is 14.0. The molecule has 108 valence electrons. The van der Waals surface area contributed by atoms with Gasteiger partial charge in [0.05, 0.1) is 21.1 Å². The lowest BCUT2D eigenvalue weighted by Crippen LogP contribution is -2.32. The molecule has 1 aromatic carbocycles. The van der Waals surface area contributed by atoms with Crippen LogP contribution in [0.25, 0.3) is 11.0 Å². The number of imidazole rings is 1. The van der Waals surface area contributed by atoms with Crippen molar-refractivity contribution in [2.75, 3.05) is 25.9 Å². The SMILES string of the molecule is CN1CCC(Cn2c(N)nc3cc(Cl)c(Cl)cc32)CC1. The minimum atomic E-state index is 0.517. The number of aromatic nitrogens is 2. The number of hydrogen-bond donors (Lipinski definition) is 1. The van der Waals surface area contributed by atoms with Gasteiger partial charge in [0.1, 0.15) is 0 Å². The molecule has 20 heavy (non-hydrogen) atoms. The Morgan fingerprint density at radius 3 is 2.60 bits per heavy atom. The van der Waals surface area contributed by atoms with Gasteiger partial charge in [-0.05, 0) is 51.0 Å². The van der Waals surface area contributed by atoms with Gasteiger partial charge in [-0.25, -0.2) is 4.98 Å². The Labute approximate surface area is 128 Å². The molecule has 0 unspecified atom stereocenters. The van der Waals surface area contributed by atoms with Gasteiger partial charge in [0, 0.05) is 6.54 Å². The zero-order valence-corrected chi connectivity index (χ0v) is 13.0. The molecule has 1 aliphatic rings. The van der Waals surface area contributed by atoms with E-state index in [-0.39, 0.29) is 0 Å². The lowest BCUT2D eigenvalue weighted by Gasteiger charge is -2.29. The maximum Gasteiger partial charge on any atom is 0.201 e. The Balaban J connectivity index is 1.91. The number of halogens is 2. The first-order valence-electron chi connectivity index (χ1n) is 6.84. The molecule has 0 bridgehead atoms. The standard InChI is InChI=1S/C14H18Cl2N4/c1-19-4-2-9(3-5-19)8-20-13-7-11(16)10(15)6-12(13)18-14(20)17/h6-7,9H,2-5,8H2,1H3,(H2,17,18). The number of piperidine rings is 1. The van der Waals surface area contributed by atoms with E-state index in [1.807, 2.05) is 6.07 Å². The van der Waals surface area contributed by atoms with E-state index < -0.39 is 0 Å². The van der Waals surface area contributed by atoms with E-state index in [9.17, 15) is 0 Å². The molecule has 0 saturated carbocycles. The Hall–Kier alpha value is -0.970. The fourth-order valence-corrected chi connectivity index (χ4v) is 3.15. The van der Waals surface area contributed by atoms with E-state index in [2.05, 4.69) is 21.5 Å². The third-order valence-electron chi connectivity index (χ3n) is 4.10. The van der Waals surface area contributed by atoms with Crippen molar-refractivity contribution in [3.05, 3.63) is 22.2 Å². The average molecular weight is 313 g/mol. The summed E-state index contributed by atoms with van der Waals surface area (Å²) in [6.07, 6.45) is 2.38. The maximum atomic E-state index is 6.11. The normalized spacial score (nSPS) is 17.9. The van der Waals surface area contributed by atoms with Crippen LogP contribution in [-0.2, 0) is 6.54 Å². The van der Waals surface area contributed by atoms with Crippen LogP contribution in [0.1, 0.15) is 12.8 Å². The molecule has 2 heterocycles. The maximum absolute atomic E-state index is 6.11. The number of nitrogens with zero attached hydrogens (tertiary/aromatic N) is 3. The largest absolute Gasteiger partial charge is 0.369 e. The quantitative estimate of drug-likeness (QED) is 0.925. The second kappa shape index (κ2) is 5.43. The molecule has 0 spiro atoms. The molecule has 2 aromatic rings. The second-order valence-corrected chi connectivity index (χ2v) is 6.40. The van der Waals surface area contributed by atoms with Crippen LogP contribution >= 0.6 is 23.2 Å². The number of fused-ring (bicyclic) bond motifs is 1. The van der Waals surface area contributed by atoms with Gasteiger partial charge >= 0.3 is 0 Å². The van der Waals surface area contributed by atoms with Crippen molar-refractivity contribution in [2.24, 2.45) is 5.92 Å². The molecule has 1 aliphatic heterocycles. The summed E-state index contributed by atoms with van der Waals surface area (Å²) >= 11 is 12.1. The van der Waals surface area contributed by atoms with E-state index >= 15 is 0 Å². The van der Waals surface area contributed by atoms with Crippen LogP contribution < -0.4 is 5.73 Å². The van der Waals surface area contributed by atoms with Crippen LogP contribution in [-0.4, -0.2) is 34.6 Å². The summed E-state index contributed by atoms with van der Waals surface area (Å²) in [7, 11) is 2.17. The van der Waals surface area contributed by atoms with Gasteiger partial charge in [-0.2, -0.15) is 0 Å². The van der Waals surface area contributed by atoms with Crippen molar-refractivity contribution < 1.29 is 0 Å². The highest BCUT2D eigenvalue weighted by atomic mass is 35.5. The summed E-state index contributed by atoms with van der Waals surface area (Å²) in [5.41, 5.74) is 7.83. The molecule has 1 aromatic heterocycles. The molecule has 0 aliphatic carbocycles. The van der Waals surface area contributed by atoms with Gasteiger partial charge in [0.2, 0.25) is 5.95 Å².